The van der Waals surface area contributed by atoms with Crippen LogP contribution in [-0.2, 0) is 19.1 Å². The van der Waals surface area contributed by atoms with Crippen LogP contribution in [0.5, 0.6) is 0 Å². The van der Waals surface area contributed by atoms with Crippen molar-refractivity contribution >= 4 is 12.3 Å². The Hall–Kier alpha value is -1.42. The molecule has 0 radical (unpaired) electrons. The van der Waals surface area contributed by atoms with Gasteiger partial charge in [0.1, 0.15) is 6.10 Å². The second-order valence-corrected chi connectivity index (χ2v) is 4.18. The summed E-state index contributed by atoms with van der Waals surface area (Å²) >= 11 is 0. The lowest BCUT2D eigenvalue weighted by Crippen LogP contribution is -2.40. The minimum Gasteiger partial charge on any atom is -0.454 e. The molecule has 0 aromatic carbocycles. The average Bonchev–Trinajstić information content (AvgIpc) is 2.43. The van der Waals surface area contributed by atoms with Crippen LogP contribution < -0.4 is 0 Å². The van der Waals surface area contributed by atoms with Crippen LogP contribution >= 0.6 is 0 Å². The van der Waals surface area contributed by atoms with Gasteiger partial charge in [-0.15, -0.1) is 0 Å². The van der Waals surface area contributed by atoms with Crippen LogP contribution in [0.25, 0.3) is 0 Å². The molecule has 3 atom stereocenters. The SMILES string of the molecule is C[C@@H]1[C@H](C)OCC2=CC=C(C=O)C(=O)O[C@@H]21. The maximum absolute atomic E-state index is 11.6. The maximum Gasteiger partial charge on any atom is 0.342 e. The lowest BCUT2D eigenvalue weighted by molar-refractivity contribution is -0.150. The summed E-state index contributed by atoms with van der Waals surface area (Å²) in [4.78, 5) is 22.2. The number of hydrogen-bond donors (Lipinski definition) is 0. The van der Waals surface area contributed by atoms with Crippen molar-refractivity contribution in [2.24, 2.45) is 5.92 Å². The van der Waals surface area contributed by atoms with E-state index in [-0.39, 0.29) is 23.7 Å². The molecule has 2 aliphatic heterocycles. The number of allylic oxidation sites excluding steroid dienone is 2. The molecular formula is C12H14O4. The van der Waals surface area contributed by atoms with Crippen molar-refractivity contribution in [3.05, 3.63) is 23.3 Å². The van der Waals surface area contributed by atoms with Crippen molar-refractivity contribution in [2.45, 2.75) is 26.1 Å². The highest BCUT2D eigenvalue weighted by atomic mass is 16.6. The zero-order chi connectivity index (χ0) is 11.7. The first kappa shape index (κ1) is 11.1. The fourth-order valence-corrected chi connectivity index (χ4v) is 1.91. The normalized spacial score (nSPS) is 34.1. The first-order chi connectivity index (χ1) is 7.63. The van der Waals surface area contributed by atoms with Crippen molar-refractivity contribution in [1.82, 2.24) is 0 Å². The third-order valence-corrected chi connectivity index (χ3v) is 3.17. The number of carbonyl (C=O) groups is 2. The second-order valence-electron chi connectivity index (χ2n) is 4.18. The van der Waals surface area contributed by atoms with E-state index in [1.54, 1.807) is 6.08 Å². The van der Waals surface area contributed by atoms with E-state index in [0.717, 1.165) is 5.57 Å². The highest BCUT2D eigenvalue weighted by Gasteiger charge is 2.35. The molecule has 0 N–H and O–H groups in total. The Labute approximate surface area is 93.9 Å². The number of carbonyl (C=O) groups excluding carboxylic acids is 2. The van der Waals surface area contributed by atoms with Crippen LogP contribution in [0, 0.1) is 5.92 Å². The van der Waals surface area contributed by atoms with E-state index < -0.39 is 5.97 Å². The number of esters is 1. The van der Waals surface area contributed by atoms with Crippen LogP contribution in [-0.4, -0.2) is 31.1 Å². The molecule has 86 valence electrons. The molecule has 1 fully saturated rings. The molecule has 2 heterocycles. The van der Waals surface area contributed by atoms with Crippen molar-refractivity contribution in [1.29, 1.82) is 0 Å². The number of fused-ring (bicyclic) bond motifs is 1. The van der Waals surface area contributed by atoms with Crippen molar-refractivity contribution in [3.8, 4) is 0 Å². The van der Waals surface area contributed by atoms with Crippen LogP contribution in [0.2, 0.25) is 0 Å². The van der Waals surface area contributed by atoms with Crippen LogP contribution in [0.1, 0.15) is 13.8 Å². The van der Waals surface area contributed by atoms with Gasteiger partial charge in [0.2, 0.25) is 0 Å². The lowest BCUT2D eigenvalue weighted by Gasteiger charge is -2.35. The minimum absolute atomic E-state index is 0.0488. The highest BCUT2D eigenvalue weighted by molar-refractivity contribution is 6.08. The first-order valence-corrected chi connectivity index (χ1v) is 5.32. The van der Waals surface area contributed by atoms with Gasteiger partial charge in [0.25, 0.3) is 0 Å². The highest BCUT2D eigenvalue weighted by Crippen LogP contribution is 2.29. The molecular weight excluding hydrogens is 208 g/mol. The quantitative estimate of drug-likeness (QED) is 0.377. The predicted molar refractivity (Wildman–Crippen MR) is 56.7 cm³/mol. The summed E-state index contributed by atoms with van der Waals surface area (Å²) in [5, 5.41) is 0. The molecule has 0 saturated carbocycles. The summed E-state index contributed by atoms with van der Waals surface area (Å²) in [5.41, 5.74) is 0.970. The molecule has 2 aliphatic rings. The van der Waals surface area contributed by atoms with Gasteiger partial charge in [0, 0.05) is 5.92 Å². The van der Waals surface area contributed by atoms with Gasteiger partial charge in [-0.1, -0.05) is 13.0 Å². The molecule has 0 spiro atoms. The van der Waals surface area contributed by atoms with Crippen molar-refractivity contribution < 1.29 is 19.1 Å². The maximum atomic E-state index is 11.6. The Balaban J connectivity index is 2.28. The third kappa shape index (κ3) is 1.80. The van der Waals surface area contributed by atoms with Gasteiger partial charge in [0.15, 0.2) is 6.29 Å². The summed E-state index contributed by atoms with van der Waals surface area (Å²) in [6.45, 7) is 4.38. The van der Waals surface area contributed by atoms with Gasteiger partial charge in [-0.2, -0.15) is 0 Å². The van der Waals surface area contributed by atoms with Gasteiger partial charge in [-0.05, 0) is 18.6 Å². The summed E-state index contributed by atoms with van der Waals surface area (Å²) in [7, 11) is 0. The smallest absolute Gasteiger partial charge is 0.342 e. The van der Waals surface area contributed by atoms with Gasteiger partial charge >= 0.3 is 5.97 Å². The zero-order valence-electron chi connectivity index (χ0n) is 9.30. The molecule has 0 aromatic heterocycles. The molecule has 16 heavy (non-hydrogen) atoms. The second kappa shape index (κ2) is 4.22. The summed E-state index contributed by atoms with van der Waals surface area (Å²) in [5.74, 6) is -0.449. The molecule has 0 amide bonds. The molecule has 0 aliphatic carbocycles. The first-order valence-electron chi connectivity index (χ1n) is 5.32. The van der Waals surface area contributed by atoms with E-state index in [1.807, 2.05) is 13.8 Å². The minimum atomic E-state index is -0.549. The predicted octanol–water partition coefficient (Wildman–Crippen LogP) is 1.02. The number of ether oxygens (including phenoxy) is 2. The lowest BCUT2D eigenvalue weighted by atomic mass is 9.90. The fraction of sp³-hybridized carbons (Fsp3) is 0.500. The number of hydrogen-bond acceptors (Lipinski definition) is 4. The van der Waals surface area contributed by atoms with Gasteiger partial charge in [-0.3, -0.25) is 4.79 Å². The van der Waals surface area contributed by atoms with Gasteiger partial charge in [0.05, 0.1) is 18.3 Å². The van der Waals surface area contributed by atoms with Crippen molar-refractivity contribution in [3.63, 3.8) is 0 Å². The summed E-state index contributed by atoms with van der Waals surface area (Å²) in [6, 6.07) is 0. The molecule has 0 unspecified atom stereocenters. The van der Waals surface area contributed by atoms with Crippen molar-refractivity contribution in [2.75, 3.05) is 6.61 Å². The van der Waals surface area contributed by atoms with E-state index in [2.05, 4.69) is 0 Å². The topological polar surface area (TPSA) is 52.6 Å². The fourth-order valence-electron chi connectivity index (χ4n) is 1.91. The molecule has 1 saturated heterocycles. The summed E-state index contributed by atoms with van der Waals surface area (Å²) in [6.07, 6.45) is 3.54. The van der Waals surface area contributed by atoms with E-state index in [9.17, 15) is 9.59 Å². The zero-order valence-corrected chi connectivity index (χ0v) is 9.30. The van der Waals surface area contributed by atoms with Crippen LogP contribution in [0.3, 0.4) is 0 Å². The molecule has 0 aromatic rings. The van der Waals surface area contributed by atoms with E-state index in [0.29, 0.717) is 12.9 Å². The Morgan fingerprint density at radius 2 is 2.12 bits per heavy atom. The molecule has 0 bridgehead atoms. The van der Waals surface area contributed by atoms with E-state index in [1.165, 1.54) is 6.08 Å². The Morgan fingerprint density at radius 1 is 1.38 bits per heavy atom. The third-order valence-electron chi connectivity index (χ3n) is 3.17. The Kier molecular flexibility index (Phi) is 2.92. The number of aldehydes is 1. The Morgan fingerprint density at radius 3 is 2.81 bits per heavy atom. The van der Waals surface area contributed by atoms with Gasteiger partial charge in [-0.25, -0.2) is 4.79 Å². The van der Waals surface area contributed by atoms with E-state index >= 15 is 0 Å². The summed E-state index contributed by atoms with van der Waals surface area (Å²) < 4.78 is 10.9. The number of rotatable bonds is 1. The van der Waals surface area contributed by atoms with Gasteiger partial charge < -0.3 is 9.47 Å². The molecule has 4 heteroatoms. The Bertz CT molecular complexity index is 380. The molecule has 2 rings (SSSR count). The standard InChI is InChI=1S/C12H14O4/c1-7-8(2)15-6-10-4-3-9(5-13)12(14)16-11(7)10/h3-5,7-8,11H,6H2,1-2H3/t7-,8+,11-/m1/s1. The average molecular weight is 222 g/mol. The van der Waals surface area contributed by atoms with E-state index in [4.69, 9.17) is 9.47 Å². The van der Waals surface area contributed by atoms with Crippen LogP contribution in [0.15, 0.2) is 23.3 Å². The van der Waals surface area contributed by atoms with Crippen LogP contribution in [0.4, 0.5) is 0 Å². The monoisotopic (exact) mass is 222 g/mol. The molecule has 4 nitrogen and oxygen atoms in total. The largest absolute Gasteiger partial charge is 0.454 e.